The number of aliphatic imine (C=N–C) groups is 1. The van der Waals surface area contributed by atoms with Gasteiger partial charge in [-0.2, -0.15) is 0 Å². The van der Waals surface area contributed by atoms with Crippen molar-refractivity contribution in [1.82, 2.24) is 5.43 Å². The lowest BCUT2D eigenvalue weighted by Crippen LogP contribution is -2.36. The maximum Gasteiger partial charge on any atom is 0.210 e. The molecule has 4 heteroatoms. The summed E-state index contributed by atoms with van der Waals surface area (Å²) in [5, 5.41) is 3.13. The first-order chi connectivity index (χ1) is 8.30. The molecule has 0 bridgehead atoms. The zero-order valence-electron chi connectivity index (χ0n) is 10.7. The van der Waals surface area contributed by atoms with E-state index in [0.717, 1.165) is 12.1 Å². The Morgan fingerprint density at radius 1 is 1.24 bits per heavy atom. The Labute approximate surface area is 103 Å². The molecule has 94 valence electrons. The average Bonchev–Trinajstić information content (AvgIpc) is 2.37. The molecule has 0 saturated heterocycles. The van der Waals surface area contributed by atoms with Crippen LogP contribution in [0.4, 0.5) is 5.69 Å². The van der Waals surface area contributed by atoms with Crippen LogP contribution in [0.25, 0.3) is 0 Å². The smallest absolute Gasteiger partial charge is 0.210 e. The predicted molar refractivity (Wildman–Crippen MR) is 74.0 cm³/mol. The molecule has 0 unspecified atom stereocenters. The lowest BCUT2D eigenvalue weighted by atomic mass is 10.1. The number of anilines is 1. The van der Waals surface area contributed by atoms with Crippen LogP contribution in [-0.2, 0) is 6.42 Å². The van der Waals surface area contributed by atoms with Gasteiger partial charge >= 0.3 is 0 Å². The normalized spacial score (nSPS) is 11.4. The Morgan fingerprint density at radius 3 is 2.47 bits per heavy atom. The molecule has 1 aromatic carbocycles. The van der Waals surface area contributed by atoms with E-state index in [1.54, 1.807) is 0 Å². The van der Waals surface area contributed by atoms with Crippen LogP contribution in [0.3, 0.4) is 0 Å². The zero-order chi connectivity index (χ0) is 12.5. The summed E-state index contributed by atoms with van der Waals surface area (Å²) in [5.41, 5.74) is 4.90. The molecule has 0 radical (unpaired) electrons. The lowest BCUT2D eigenvalue weighted by Gasteiger charge is -2.09. The number of nitrogens with zero attached hydrogens (tertiary/aromatic N) is 1. The molecular weight excluding hydrogens is 212 g/mol. The van der Waals surface area contributed by atoms with Gasteiger partial charge in [-0.3, -0.25) is 10.4 Å². The monoisotopic (exact) mass is 234 g/mol. The minimum atomic E-state index is 0.591. The molecule has 1 rings (SSSR count). The molecule has 0 spiro atoms. The maximum absolute atomic E-state index is 5.36. The van der Waals surface area contributed by atoms with E-state index < -0.39 is 0 Å². The van der Waals surface area contributed by atoms with E-state index in [2.05, 4.69) is 34.8 Å². The molecule has 0 amide bonds. The van der Waals surface area contributed by atoms with Crippen molar-refractivity contribution in [2.24, 2.45) is 10.8 Å². The summed E-state index contributed by atoms with van der Waals surface area (Å²) in [7, 11) is 0. The van der Waals surface area contributed by atoms with E-state index in [9.17, 15) is 0 Å². The summed E-state index contributed by atoms with van der Waals surface area (Å²) in [6, 6.07) is 8.37. The van der Waals surface area contributed by atoms with Crippen LogP contribution in [0.5, 0.6) is 0 Å². The second kappa shape index (κ2) is 7.68. The molecule has 4 N–H and O–H groups in total. The molecule has 0 aliphatic rings. The SMILES string of the molecule is CCCCc1ccc(NC(=NCC)NN)cc1. The van der Waals surface area contributed by atoms with Gasteiger partial charge in [0.2, 0.25) is 5.96 Å². The van der Waals surface area contributed by atoms with Crippen molar-refractivity contribution in [2.45, 2.75) is 33.1 Å². The standard InChI is InChI=1S/C13H22N4/c1-3-5-6-11-7-9-12(10-8-11)16-13(17-14)15-4-2/h7-10H,3-6,14H2,1-2H3,(H2,15,16,17). The van der Waals surface area contributed by atoms with Crippen molar-refractivity contribution in [1.29, 1.82) is 0 Å². The van der Waals surface area contributed by atoms with Crippen LogP contribution >= 0.6 is 0 Å². The molecular formula is C13H22N4. The van der Waals surface area contributed by atoms with Gasteiger partial charge in [-0.25, -0.2) is 5.84 Å². The van der Waals surface area contributed by atoms with E-state index in [-0.39, 0.29) is 0 Å². The van der Waals surface area contributed by atoms with Crippen LogP contribution in [-0.4, -0.2) is 12.5 Å². The second-order valence-corrected chi connectivity index (χ2v) is 3.89. The van der Waals surface area contributed by atoms with Crippen molar-refractivity contribution in [3.8, 4) is 0 Å². The Bertz CT molecular complexity index is 343. The summed E-state index contributed by atoms with van der Waals surface area (Å²) in [6.45, 7) is 4.87. The van der Waals surface area contributed by atoms with Crippen LogP contribution in [0.15, 0.2) is 29.3 Å². The van der Waals surface area contributed by atoms with Gasteiger partial charge in [0.15, 0.2) is 0 Å². The highest BCUT2D eigenvalue weighted by Gasteiger charge is 1.97. The third-order valence-electron chi connectivity index (χ3n) is 2.49. The zero-order valence-corrected chi connectivity index (χ0v) is 10.7. The minimum Gasteiger partial charge on any atom is -0.325 e. The van der Waals surface area contributed by atoms with E-state index in [0.29, 0.717) is 12.5 Å². The fraction of sp³-hybridized carbons (Fsp3) is 0.462. The number of benzene rings is 1. The van der Waals surface area contributed by atoms with Crippen molar-refractivity contribution in [3.63, 3.8) is 0 Å². The predicted octanol–water partition coefficient (Wildman–Crippen LogP) is 2.28. The third-order valence-corrected chi connectivity index (χ3v) is 2.49. The highest BCUT2D eigenvalue weighted by Crippen LogP contribution is 2.11. The number of nitrogens with one attached hydrogen (secondary N) is 2. The first-order valence-electron chi connectivity index (χ1n) is 6.17. The number of hydrogen-bond donors (Lipinski definition) is 3. The van der Waals surface area contributed by atoms with E-state index in [1.165, 1.54) is 18.4 Å². The van der Waals surface area contributed by atoms with Crippen LogP contribution < -0.4 is 16.6 Å². The number of aryl methyl sites for hydroxylation is 1. The van der Waals surface area contributed by atoms with E-state index in [4.69, 9.17) is 5.84 Å². The number of hydrogen-bond acceptors (Lipinski definition) is 2. The highest BCUT2D eigenvalue weighted by molar-refractivity contribution is 5.93. The second-order valence-electron chi connectivity index (χ2n) is 3.89. The molecule has 0 saturated carbocycles. The van der Waals surface area contributed by atoms with Crippen molar-refractivity contribution < 1.29 is 0 Å². The van der Waals surface area contributed by atoms with Gasteiger partial charge in [-0.05, 0) is 37.5 Å². The van der Waals surface area contributed by atoms with E-state index in [1.807, 2.05) is 19.1 Å². The third kappa shape index (κ3) is 4.87. The highest BCUT2D eigenvalue weighted by atomic mass is 15.3. The Kier molecular flexibility index (Phi) is 6.10. The number of nitrogens with two attached hydrogens (primary N) is 1. The molecule has 0 aliphatic heterocycles. The van der Waals surface area contributed by atoms with Gasteiger partial charge in [0.05, 0.1) is 0 Å². The van der Waals surface area contributed by atoms with Gasteiger partial charge in [0, 0.05) is 12.2 Å². The van der Waals surface area contributed by atoms with E-state index >= 15 is 0 Å². The molecule has 0 aliphatic carbocycles. The Balaban J connectivity index is 2.58. The lowest BCUT2D eigenvalue weighted by molar-refractivity contribution is 0.795. The Morgan fingerprint density at radius 2 is 1.94 bits per heavy atom. The van der Waals surface area contributed by atoms with Gasteiger partial charge in [0.25, 0.3) is 0 Å². The van der Waals surface area contributed by atoms with Gasteiger partial charge in [0.1, 0.15) is 0 Å². The molecule has 0 heterocycles. The number of rotatable bonds is 5. The Hall–Kier alpha value is -1.55. The van der Waals surface area contributed by atoms with Crippen LogP contribution in [0.2, 0.25) is 0 Å². The average molecular weight is 234 g/mol. The summed E-state index contributed by atoms with van der Waals surface area (Å²) >= 11 is 0. The molecule has 1 aromatic rings. The number of guanidine groups is 1. The number of unbranched alkanes of at least 4 members (excludes halogenated alkanes) is 1. The summed E-state index contributed by atoms with van der Waals surface area (Å²) < 4.78 is 0. The maximum atomic E-state index is 5.36. The summed E-state index contributed by atoms with van der Waals surface area (Å²) in [5.74, 6) is 5.95. The largest absolute Gasteiger partial charge is 0.325 e. The molecule has 17 heavy (non-hydrogen) atoms. The molecule has 0 atom stereocenters. The van der Waals surface area contributed by atoms with Gasteiger partial charge in [-0.1, -0.05) is 25.5 Å². The quantitative estimate of drug-likeness (QED) is 0.317. The molecule has 0 aromatic heterocycles. The van der Waals surface area contributed by atoms with Gasteiger partial charge in [-0.15, -0.1) is 0 Å². The van der Waals surface area contributed by atoms with Crippen LogP contribution in [0, 0.1) is 0 Å². The summed E-state index contributed by atoms with van der Waals surface area (Å²) in [6.07, 6.45) is 3.60. The van der Waals surface area contributed by atoms with Crippen molar-refractivity contribution >= 4 is 11.6 Å². The van der Waals surface area contributed by atoms with Crippen molar-refractivity contribution in [3.05, 3.63) is 29.8 Å². The first-order valence-corrected chi connectivity index (χ1v) is 6.17. The summed E-state index contributed by atoms with van der Waals surface area (Å²) in [4.78, 5) is 4.18. The van der Waals surface area contributed by atoms with Crippen LogP contribution in [0.1, 0.15) is 32.3 Å². The minimum absolute atomic E-state index is 0.591. The molecule has 4 nitrogen and oxygen atoms in total. The van der Waals surface area contributed by atoms with Crippen molar-refractivity contribution in [2.75, 3.05) is 11.9 Å². The molecule has 0 fully saturated rings. The fourth-order valence-corrected chi connectivity index (χ4v) is 1.55. The fourth-order valence-electron chi connectivity index (χ4n) is 1.55. The number of hydrazine groups is 1. The topological polar surface area (TPSA) is 62.4 Å². The van der Waals surface area contributed by atoms with Gasteiger partial charge < -0.3 is 5.32 Å². The first kappa shape index (κ1) is 13.5.